The molecule has 2 heterocycles. The van der Waals surface area contributed by atoms with E-state index < -0.39 is 0 Å². The second-order valence-electron chi connectivity index (χ2n) is 7.25. The van der Waals surface area contributed by atoms with E-state index in [1.165, 1.54) is 0 Å². The van der Waals surface area contributed by atoms with Crippen molar-refractivity contribution in [2.45, 2.75) is 38.5 Å². The molecule has 1 fully saturated rings. The van der Waals surface area contributed by atoms with Gasteiger partial charge < -0.3 is 15.0 Å². The van der Waals surface area contributed by atoms with E-state index >= 15 is 0 Å². The Labute approximate surface area is 165 Å². The monoisotopic (exact) mass is 384 g/mol. The van der Waals surface area contributed by atoms with Crippen LogP contribution in [0.15, 0.2) is 36.7 Å². The molecule has 1 aliphatic heterocycles. The van der Waals surface area contributed by atoms with Crippen LogP contribution in [-0.2, 0) is 16.0 Å². The van der Waals surface area contributed by atoms with Crippen LogP contribution in [0.2, 0.25) is 0 Å². The maximum absolute atomic E-state index is 12.3. The van der Waals surface area contributed by atoms with Crippen LogP contribution in [0.1, 0.15) is 37.7 Å². The van der Waals surface area contributed by atoms with E-state index in [9.17, 15) is 9.59 Å². The molecule has 1 saturated heterocycles. The van der Waals surface area contributed by atoms with Gasteiger partial charge in [0.15, 0.2) is 0 Å². The summed E-state index contributed by atoms with van der Waals surface area (Å²) in [5.74, 6) is 1.44. The van der Waals surface area contributed by atoms with Crippen molar-refractivity contribution < 1.29 is 14.3 Å². The normalized spacial score (nSPS) is 14.7. The smallest absolute Gasteiger partial charge is 0.224 e. The lowest BCUT2D eigenvalue weighted by Gasteiger charge is -2.32. The predicted octanol–water partition coefficient (Wildman–Crippen LogP) is 3.01. The molecule has 2 N–H and O–H groups in total. The summed E-state index contributed by atoms with van der Waals surface area (Å²) >= 11 is 0. The van der Waals surface area contributed by atoms with Gasteiger partial charge in [0, 0.05) is 43.9 Å². The van der Waals surface area contributed by atoms with Crippen molar-refractivity contribution in [3.63, 3.8) is 0 Å². The molecule has 0 atom stereocenters. The number of piperidine rings is 1. The molecule has 1 aromatic heterocycles. The molecule has 3 rings (SSSR count). The quantitative estimate of drug-likeness (QED) is 0.732. The van der Waals surface area contributed by atoms with E-state index in [-0.39, 0.29) is 11.8 Å². The van der Waals surface area contributed by atoms with Gasteiger partial charge in [-0.2, -0.15) is 5.10 Å². The molecule has 2 amide bonds. The average Bonchev–Trinajstić information content (AvgIpc) is 3.24. The zero-order chi connectivity index (χ0) is 19.8. The van der Waals surface area contributed by atoms with Crippen molar-refractivity contribution in [3.05, 3.63) is 42.2 Å². The molecular weight excluding hydrogens is 356 g/mol. The predicted molar refractivity (Wildman–Crippen MR) is 107 cm³/mol. The van der Waals surface area contributed by atoms with Crippen molar-refractivity contribution in [1.29, 1.82) is 0 Å². The third-order valence-electron chi connectivity index (χ3n) is 5.28. The minimum atomic E-state index is 0.0203. The number of hydrogen-bond donors (Lipinski definition) is 2. The number of benzene rings is 1. The Morgan fingerprint density at radius 1 is 1.29 bits per heavy atom. The Kier molecular flexibility index (Phi) is 7.06. The fraction of sp³-hybridized carbons (Fsp3) is 0.476. The van der Waals surface area contributed by atoms with Gasteiger partial charge in [-0.1, -0.05) is 6.07 Å². The van der Waals surface area contributed by atoms with Crippen molar-refractivity contribution in [2.75, 3.05) is 25.5 Å². The fourth-order valence-corrected chi connectivity index (χ4v) is 3.55. The molecule has 7 heteroatoms. The molecule has 7 nitrogen and oxygen atoms in total. The summed E-state index contributed by atoms with van der Waals surface area (Å²) in [6.45, 7) is 1.57. The molecule has 0 unspecified atom stereocenters. The Morgan fingerprint density at radius 2 is 2.11 bits per heavy atom. The van der Waals surface area contributed by atoms with Gasteiger partial charge in [-0.3, -0.25) is 14.7 Å². The second-order valence-corrected chi connectivity index (χ2v) is 7.25. The summed E-state index contributed by atoms with van der Waals surface area (Å²) < 4.78 is 5.17. The third kappa shape index (κ3) is 5.84. The highest BCUT2D eigenvalue weighted by atomic mass is 16.5. The summed E-state index contributed by atoms with van der Waals surface area (Å²) in [5.41, 5.74) is 1.81. The highest BCUT2D eigenvalue weighted by Crippen LogP contribution is 2.23. The van der Waals surface area contributed by atoms with Crippen LogP contribution in [0.25, 0.3) is 0 Å². The zero-order valence-corrected chi connectivity index (χ0v) is 16.3. The maximum atomic E-state index is 12.3. The lowest BCUT2D eigenvalue weighted by molar-refractivity contribution is -0.132. The van der Waals surface area contributed by atoms with Gasteiger partial charge in [-0.15, -0.1) is 0 Å². The first-order valence-electron chi connectivity index (χ1n) is 9.83. The topological polar surface area (TPSA) is 87.3 Å². The first kappa shape index (κ1) is 19.9. The van der Waals surface area contributed by atoms with E-state index in [1.54, 1.807) is 13.3 Å². The fourth-order valence-electron chi connectivity index (χ4n) is 3.55. The number of carbonyl (C=O) groups excluding carboxylic acids is 2. The largest absolute Gasteiger partial charge is 0.497 e. The van der Waals surface area contributed by atoms with Crippen LogP contribution >= 0.6 is 0 Å². The number of likely N-dealkylation sites (tertiary alicyclic amines) is 1. The van der Waals surface area contributed by atoms with Gasteiger partial charge in [0.05, 0.1) is 13.3 Å². The lowest BCUT2D eigenvalue weighted by atomic mass is 9.92. The number of aryl methyl sites for hydroxylation is 1. The van der Waals surface area contributed by atoms with Crippen LogP contribution in [0, 0.1) is 5.92 Å². The minimum Gasteiger partial charge on any atom is -0.497 e. The number of carbonyl (C=O) groups is 2. The Bertz CT molecular complexity index is 768. The first-order chi connectivity index (χ1) is 13.6. The number of rotatable bonds is 8. The number of methoxy groups -OCH3 is 1. The summed E-state index contributed by atoms with van der Waals surface area (Å²) in [4.78, 5) is 26.5. The second kappa shape index (κ2) is 9.92. The van der Waals surface area contributed by atoms with Crippen LogP contribution in [0.4, 0.5) is 5.69 Å². The molecule has 0 bridgehead atoms. The number of anilines is 1. The highest BCUT2D eigenvalue weighted by Gasteiger charge is 2.23. The van der Waals surface area contributed by atoms with Gasteiger partial charge >= 0.3 is 0 Å². The zero-order valence-electron chi connectivity index (χ0n) is 16.3. The third-order valence-corrected chi connectivity index (χ3v) is 5.28. The Balaban J connectivity index is 1.34. The summed E-state index contributed by atoms with van der Waals surface area (Å²) in [5, 5.41) is 9.59. The van der Waals surface area contributed by atoms with E-state index in [2.05, 4.69) is 15.5 Å². The van der Waals surface area contributed by atoms with Gasteiger partial charge in [-0.25, -0.2) is 0 Å². The number of hydrogen-bond acceptors (Lipinski definition) is 4. The number of H-pyrrole nitrogens is 1. The average molecular weight is 384 g/mol. The van der Waals surface area contributed by atoms with Crippen molar-refractivity contribution in [3.8, 4) is 5.75 Å². The minimum absolute atomic E-state index is 0.0203. The van der Waals surface area contributed by atoms with E-state index in [4.69, 9.17) is 4.74 Å². The Morgan fingerprint density at radius 3 is 2.82 bits per heavy atom. The standard InChI is InChI=1S/C21H28N4O3/c1-28-19-4-2-3-18(13-19)24-20(26)7-5-16-9-11-25(12-10-16)21(27)8-6-17-14-22-23-15-17/h2-4,13-16H,5-12H2,1H3,(H,22,23)(H,24,26). The molecular formula is C21H28N4O3. The highest BCUT2D eigenvalue weighted by molar-refractivity contribution is 5.90. The van der Waals surface area contributed by atoms with Crippen molar-refractivity contribution in [1.82, 2.24) is 15.1 Å². The maximum Gasteiger partial charge on any atom is 0.224 e. The molecule has 0 aliphatic carbocycles. The number of nitrogens with one attached hydrogen (secondary N) is 2. The van der Waals surface area contributed by atoms with Gasteiger partial charge in [0.25, 0.3) is 0 Å². The number of ether oxygens (including phenoxy) is 1. The molecule has 2 aromatic rings. The molecule has 0 spiro atoms. The van der Waals surface area contributed by atoms with Crippen molar-refractivity contribution in [2.24, 2.45) is 5.92 Å². The van der Waals surface area contributed by atoms with Crippen molar-refractivity contribution >= 4 is 17.5 Å². The number of aromatic amines is 1. The lowest BCUT2D eigenvalue weighted by Crippen LogP contribution is -2.38. The number of nitrogens with zero attached hydrogens (tertiary/aromatic N) is 2. The molecule has 150 valence electrons. The molecule has 1 aliphatic rings. The van der Waals surface area contributed by atoms with Gasteiger partial charge in [0.1, 0.15) is 5.75 Å². The molecule has 0 radical (unpaired) electrons. The first-order valence-corrected chi connectivity index (χ1v) is 9.83. The van der Waals surface area contributed by atoms with Gasteiger partial charge in [0.2, 0.25) is 11.8 Å². The van der Waals surface area contributed by atoms with Crippen LogP contribution < -0.4 is 10.1 Å². The van der Waals surface area contributed by atoms with Crippen LogP contribution in [0.3, 0.4) is 0 Å². The summed E-state index contributed by atoms with van der Waals surface area (Å²) in [6.07, 6.45) is 8.11. The molecule has 0 saturated carbocycles. The number of amides is 2. The molecule has 28 heavy (non-hydrogen) atoms. The van der Waals surface area contributed by atoms with E-state index in [1.807, 2.05) is 35.4 Å². The summed E-state index contributed by atoms with van der Waals surface area (Å²) in [6, 6.07) is 7.37. The molecule has 1 aromatic carbocycles. The SMILES string of the molecule is COc1cccc(NC(=O)CCC2CCN(C(=O)CCc3cn[nH]c3)CC2)c1. The van der Waals surface area contributed by atoms with Gasteiger partial charge in [-0.05, 0) is 49.3 Å². The van der Waals surface area contributed by atoms with Crippen LogP contribution in [-0.4, -0.2) is 47.1 Å². The van der Waals surface area contributed by atoms with E-state index in [0.29, 0.717) is 18.8 Å². The Hall–Kier alpha value is -2.83. The van der Waals surface area contributed by atoms with Crippen LogP contribution in [0.5, 0.6) is 5.75 Å². The van der Waals surface area contributed by atoms with E-state index in [0.717, 1.165) is 55.8 Å². The summed E-state index contributed by atoms with van der Waals surface area (Å²) in [7, 11) is 1.61. The number of aromatic nitrogens is 2.